The van der Waals surface area contributed by atoms with Gasteiger partial charge in [0.2, 0.25) is 0 Å². The van der Waals surface area contributed by atoms with Gasteiger partial charge in [-0.3, -0.25) is 9.36 Å². The molecule has 0 aromatic carbocycles. The molecule has 2 atom stereocenters. The molecular formula is C22H35N6O7P. The number of rotatable bonds is 13. The highest BCUT2D eigenvalue weighted by Gasteiger charge is 2.40. The molecule has 36 heavy (non-hydrogen) atoms. The summed E-state index contributed by atoms with van der Waals surface area (Å²) >= 11 is 0. The van der Waals surface area contributed by atoms with E-state index in [1.54, 1.807) is 45.5 Å². The number of carbonyl (C=O) groups excluding carboxylic acids is 2. The number of nitrogens with one attached hydrogen (secondary N) is 1. The topological polar surface area (TPSA) is 170 Å². The van der Waals surface area contributed by atoms with Crippen molar-refractivity contribution in [2.75, 3.05) is 18.7 Å². The van der Waals surface area contributed by atoms with E-state index >= 15 is 0 Å². The van der Waals surface area contributed by atoms with Crippen LogP contribution < -0.4 is 10.8 Å². The molecule has 0 spiro atoms. The lowest BCUT2D eigenvalue weighted by molar-refractivity contribution is -0.159. The summed E-state index contributed by atoms with van der Waals surface area (Å²) in [5.41, 5.74) is 5.48. The van der Waals surface area contributed by atoms with Gasteiger partial charge in [0, 0.05) is 0 Å². The van der Waals surface area contributed by atoms with Gasteiger partial charge in [-0.2, -0.15) is 0 Å². The molecule has 0 bridgehead atoms. The predicted molar refractivity (Wildman–Crippen MR) is 131 cm³/mol. The Morgan fingerprint density at radius 3 is 2.61 bits per heavy atom. The molecule has 2 aromatic heterocycles. The number of fused-ring (bicyclic) bond motifs is 1. The van der Waals surface area contributed by atoms with Gasteiger partial charge in [0.25, 0.3) is 7.52 Å². The first-order valence-electron chi connectivity index (χ1n) is 11.8. The van der Waals surface area contributed by atoms with Gasteiger partial charge in [-0.05, 0) is 53.9 Å². The van der Waals surface area contributed by atoms with Crippen molar-refractivity contribution in [1.82, 2.24) is 24.6 Å². The van der Waals surface area contributed by atoms with Gasteiger partial charge < -0.3 is 29.0 Å². The van der Waals surface area contributed by atoms with Crippen LogP contribution in [0, 0.1) is 0 Å². The Kier molecular flexibility index (Phi) is 9.04. The second kappa shape index (κ2) is 11.6. The van der Waals surface area contributed by atoms with E-state index in [1.807, 2.05) is 0 Å². The second-order valence-electron chi connectivity index (χ2n) is 9.61. The Hall–Kier alpha value is -2.60. The second-order valence-corrected chi connectivity index (χ2v) is 11.7. The lowest BCUT2D eigenvalue weighted by atomic mass is 9.96. The van der Waals surface area contributed by atoms with Crippen molar-refractivity contribution >= 4 is 36.4 Å². The van der Waals surface area contributed by atoms with Crippen LogP contribution in [0.15, 0.2) is 12.7 Å². The minimum absolute atomic E-state index is 0.140. The normalized spacial score (nSPS) is 16.9. The van der Waals surface area contributed by atoms with Crippen LogP contribution in [-0.2, 0) is 39.4 Å². The number of esters is 2. The lowest BCUT2D eigenvalue weighted by Gasteiger charge is -2.33. The predicted octanol–water partition coefficient (Wildman–Crippen LogP) is 2.40. The molecule has 0 radical (unpaired) electrons. The van der Waals surface area contributed by atoms with E-state index in [9.17, 15) is 14.2 Å². The highest BCUT2D eigenvalue weighted by atomic mass is 31.2. The highest BCUT2D eigenvalue weighted by molar-refractivity contribution is 7.56. The van der Waals surface area contributed by atoms with E-state index in [4.69, 9.17) is 24.5 Å². The molecule has 1 aliphatic carbocycles. The van der Waals surface area contributed by atoms with Gasteiger partial charge in [0.05, 0.1) is 25.1 Å². The molecule has 2 unspecified atom stereocenters. The quantitative estimate of drug-likeness (QED) is 0.289. The summed E-state index contributed by atoms with van der Waals surface area (Å²) in [6.07, 6.45) is 4.13. The van der Waals surface area contributed by atoms with Crippen molar-refractivity contribution in [1.29, 1.82) is 0 Å². The minimum Gasteiger partial charge on any atom is -0.461 e. The van der Waals surface area contributed by atoms with Crippen molar-refractivity contribution in [3.8, 4) is 0 Å². The number of hydrogen-bond donors (Lipinski definition) is 2. The number of nitrogen functional groups attached to an aromatic ring is 1. The molecule has 0 amide bonds. The van der Waals surface area contributed by atoms with Crippen LogP contribution in [-0.4, -0.2) is 68.3 Å². The summed E-state index contributed by atoms with van der Waals surface area (Å²) in [5.74, 6) is -0.980. The van der Waals surface area contributed by atoms with E-state index in [1.165, 1.54) is 6.33 Å². The monoisotopic (exact) mass is 526 g/mol. The van der Waals surface area contributed by atoms with Gasteiger partial charge in [0.15, 0.2) is 18.1 Å². The average Bonchev–Trinajstić information content (AvgIpc) is 3.17. The van der Waals surface area contributed by atoms with E-state index < -0.39 is 44.1 Å². The number of carbonyl (C=O) groups is 2. The van der Waals surface area contributed by atoms with Gasteiger partial charge in [-0.25, -0.2) is 24.8 Å². The van der Waals surface area contributed by atoms with Crippen LogP contribution in [0.3, 0.4) is 0 Å². The molecule has 1 fully saturated rings. The first kappa shape index (κ1) is 28.0. The molecule has 1 aliphatic rings. The highest BCUT2D eigenvalue weighted by Crippen LogP contribution is 2.45. The smallest absolute Gasteiger partial charge is 0.332 e. The number of anilines is 1. The maximum Gasteiger partial charge on any atom is 0.332 e. The zero-order valence-corrected chi connectivity index (χ0v) is 22.2. The number of nitrogens with zero attached hydrogens (tertiary/aromatic N) is 4. The first-order valence-corrected chi connectivity index (χ1v) is 13.7. The number of nitrogens with two attached hydrogens (primary N) is 1. The molecule has 0 saturated heterocycles. The number of hydrogen-bond acceptors (Lipinski definition) is 11. The molecule has 3 N–H and O–H groups in total. The summed E-state index contributed by atoms with van der Waals surface area (Å²) in [5, 5.41) is 2.75. The van der Waals surface area contributed by atoms with Gasteiger partial charge in [-0.1, -0.05) is 0 Å². The number of aromatic nitrogens is 4. The van der Waals surface area contributed by atoms with Crippen molar-refractivity contribution in [2.45, 2.75) is 84.3 Å². The molecule has 200 valence electrons. The summed E-state index contributed by atoms with van der Waals surface area (Å²) < 4.78 is 37.3. The molecular weight excluding hydrogens is 491 g/mol. The largest absolute Gasteiger partial charge is 0.461 e. The van der Waals surface area contributed by atoms with Gasteiger partial charge >= 0.3 is 11.9 Å². The van der Waals surface area contributed by atoms with Crippen LogP contribution in [0.25, 0.3) is 11.2 Å². The fraction of sp³-hybridized carbons (Fsp3) is 0.682. The summed E-state index contributed by atoms with van der Waals surface area (Å²) in [4.78, 5) is 37.1. The minimum atomic E-state index is -3.87. The van der Waals surface area contributed by atoms with E-state index in [0.29, 0.717) is 17.7 Å². The van der Waals surface area contributed by atoms with E-state index in [0.717, 1.165) is 19.3 Å². The fourth-order valence-electron chi connectivity index (χ4n) is 3.40. The van der Waals surface area contributed by atoms with Crippen LogP contribution in [0.2, 0.25) is 0 Å². The van der Waals surface area contributed by atoms with E-state index in [-0.39, 0.29) is 18.0 Å². The number of imidazole rings is 1. The zero-order chi connectivity index (χ0) is 26.5. The van der Waals surface area contributed by atoms with Crippen LogP contribution >= 0.6 is 7.52 Å². The zero-order valence-electron chi connectivity index (χ0n) is 21.3. The molecule has 13 nitrogen and oxygen atoms in total. The molecule has 0 aliphatic heterocycles. The van der Waals surface area contributed by atoms with Crippen molar-refractivity contribution < 1.29 is 32.9 Å². The Bertz CT molecular complexity index is 1120. The Morgan fingerprint density at radius 2 is 1.97 bits per heavy atom. The van der Waals surface area contributed by atoms with Crippen molar-refractivity contribution in [3.63, 3.8) is 0 Å². The molecule has 3 rings (SSSR count). The van der Waals surface area contributed by atoms with Crippen LogP contribution in [0.1, 0.15) is 53.9 Å². The Balaban J connectivity index is 1.67. The maximum atomic E-state index is 13.7. The third-order valence-electron chi connectivity index (χ3n) is 5.46. The van der Waals surface area contributed by atoms with Gasteiger partial charge in [-0.15, -0.1) is 0 Å². The summed E-state index contributed by atoms with van der Waals surface area (Å²) in [6, 6.07) is 0. The average molecular weight is 527 g/mol. The lowest BCUT2D eigenvalue weighted by Crippen LogP contribution is -2.48. The molecule has 14 heteroatoms. The van der Waals surface area contributed by atoms with Crippen molar-refractivity contribution in [3.05, 3.63) is 12.7 Å². The Labute approximate surface area is 209 Å². The third-order valence-corrected chi connectivity index (χ3v) is 7.39. The van der Waals surface area contributed by atoms with E-state index in [2.05, 4.69) is 20.0 Å². The molecule has 1 saturated carbocycles. The first-order chi connectivity index (χ1) is 16.9. The standard InChI is InChI=1S/C22H35N6O7P/c1-14(2)34-17(29)10-33-36(31,27-22(4,5)21(30)35-16-7-6-8-16)13-32-15(3)9-28-12-26-18-19(23)24-11-25-20(18)28/h11-12,14-16H,6-10,13H2,1-5H3,(H,27,31)(H2,23,24,25). The molecule has 2 heterocycles. The van der Waals surface area contributed by atoms with Gasteiger partial charge in [0.1, 0.15) is 29.8 Å². The number of ether oxygens (including phenoxy) is 3. The molecule has 2 aromatic rings. The summed E-state index contributed by atoms with van der Waals surface area (Å²) in [7, 11) is -3.87. The maximum absolute atomic E-state index is 13.7. The third kappa shape index (κ3) is 7.45. The van der Waals surface area contributed by atoms with Crippen molar-refractivity contribution in [2.24, 2.45) is 0 Å². The Morgan fingerprint density at radius 1 is 1.25 bits per heavy atom. The van der Waals surface area contributed by atoms with Crippen LogP contribution in [0.4, 0.5) is 5.82 Å². The SMILES string of the molecule is CC(C)OC(=O)COP(=O)(COC(C)Cn1cnc2c(N)ncnc21)NC(C)(C)C(=O)OC1CCC1. The fourth-order valence-corrected chi connectivity index (χ4v) is 5.31. The van der Waals surface area contributed by atoms with Crippen LogP contribution in [0.5, 0.6) is 0 Å². The summed E-state index contributed by atoms with van der Waals surface area (Å²) in [6.45, 7) is 7.98.